The summed E-state index contributed by atoms with van der Waals surface area (Å²) in [7, 11) is -0.845. The number of anilines is 1. The first-order chi connectivity index (χ1) is 11.1. The molecule has 0 atom stereocenters. The van der Waals surface area contributed by atoms with Gasteiger partial charge >= 0.3 is 7.12 Å². The minimum atomic E-state index is -0.845. The van der Waals surface area contributed by atoms with Crippen molar-refractivity contribution in [3.63, 3.8) is 0 Å². The van der Waals surface area contributed by atoms with Gasteiger partial charge < -0.3 is 15.4 Å². The summed E-state index contributed by atoms with van der Waals surface area (Å²) >= 11 is 0. The number of fused-ring (bicyclic) bond motifs is 2. The molecule has 5 nitrogen and oxygen atoms in total. The van der Waals surface area contributed by atoms with Crippen LogP contribution in [0.1, 0.15) is 11.3 Å². The predicted octanol–water partition coefficient (Wildman–Crippen LogP) is 1.45. The number of nitrogens with zero attached hydrogens (tertiary/aromatic N) is 2. The molecule has 0 bridgehead atoms. The van der Waals surface area contributed by atoms with E-state index in [0.29, 0.717) is 12.4 Å². The van der Waals surface area contributed by atoms with E-state index in [4.69, 9.17) is 10.4 Å². The minimum Gasteiger partial charge on any atom is -0.423 e. The lowest BCUT2D eigenvalue weighted by atomic mass is 9.72. The lowest BCUT2D eigenvalue weighted by Crippen LogP contribution is -2.41. The molecular weight excluding hydrogens is 289 g/mol. The van der Waals surface area contributed by atoms with E-state index < -0.39 is 7.12 Å². The Labute approximate surface area is 134 Å². The van der Waals surface area contributed by atoms with Gasteiger partial charge in [0.05, 0.1) is 5.69 Å². The third-order valence-electron chi connectivity index (χ3n) is 4.39. The van der Waals surface area contributed by atoms with Crippen LogP contribution in [0.25, 0.3) is 21.9 Å². The van der Waals surface area contributed by atoms with E-state index in [0.717, 1.165) is 45.0 Å². The van der Waals surface area contributed by atoms with Crippen LogP contribution in [0, 0.1) is 6.92 Å². The highest BCUT2D eigenvalue weighted by molar-refractivity contribution is 6.61. The van der Waals surface area contributed by atoms with Gasteiger partial charge in [0.2, 0.25) is 0 Å². The Balaban J connectivity index is 1.86. The zero-order chi connectivity index (χ0) is 16.0. The summed E-state index contributed by atoms with van der Waals surface area (Å²) in [5.74, 6) is 0.436. The fraction of sp³-hybridized carbons (Fsp3) is 0.176. The van der Waals surface area contributed by atoms with Crippen LogP contribution in [-0.4, -0.2) is 28.9 Å². The van der Waals surface area contributed by atoms with Crippen LogP contribution in [0.15, 0.2) is 36.4 Å². The smallest absolute Gasteiger partial charge is 0.423 e. The van der Waals surface area contributed by atoms with E-state index in [1.165, 1.54) is 0 Å². The van der Waals surface area contributed by atoms with Crippen molar-refractivity contribution in [2.24, 2.45) is 0 Å². The lowest BCUT2D eigenvalue weighted by molar-refractivity contribution is 0.266. The van der Waals surface area contributed by atoms with Gasteiger partial charge in [0.25, 0.3) is 0 Å². The number of hydrogen-bond donors (Lipinski definition) is 2. The van der Waals surface area contributed by atoms with Crippen LogP contribution in [0.3, 0.4) is 0 Å². The molecule has 6 heteroatoms. The van der Waals surface area contributed by atoms with Crippen LogP contribution >= 0.6 is 0 Å². The summed E-state index contributed by atoms with van der Waals surface area (Å²) in [4.78, 5) is 0. The Bertz CT molecular complexity index is 914. The molecule has 0 spiro atoms. The molecule has 0 aliphatic carbocycles. The molecule has 2 heterocycles. The second kappa shape index (κ2) is 5.33. The third-order valence-corrected chi connectivity index (χ3v) is 4.39. The predicted molar refractivity (Wildman–Crippen MR) is 91.4 cm³/mol. The normalized spacial score (nSPS) is 14.1. The summed E-state index contributed by atoms with van der Waals surface area (Å²) < 4.78 is 5.32. The molecule has 0 saturated carbocycles. The molecule has 0 radical (unpaired) electrons. The van der Waals surface area contributed by atoms with Crippen LogP contribution < -0.4 is 11.2 Å². The molecule has 114 valence electrons. The number of hydrogen-bond acceptors (Lipinski definition) is 5. The van der Waals surface area contributed by atoms with E-state index in [9.17, 15) is 5.02 Å². The molecule has 1 aromatic heterocycles. The van der Waals surface area contributed by atoms with Gasteiger partial charge in [0.1, 0.15) is 0 Å². The number of nitrogen functional groups attached to an aromatic ring is 1. The maximum absolute atomic E-state index is 10.0. The lowest BCUT2D eigenvalue weighted by Gasteiger charge is -2.20. The van der Waals surface area contributed by atoms with Crippen molar-refractivity contribution in [2.75, 3.05) is 12.3 Å². The summed E-state index contributed by atoms with van der Waals surface area (Å²) in [6.07, 6.45) is 0.829. The Morgan fingerprint density at radius 2 is 1.87 bits per heavy atom. The van der Waals surface area contributed by atoms with E-state index in [-0.39, 0.29) is 0 Å². The standard InChI is InChI=1S/C17H16BN3O2/c1-10-15-8-12(4-5-14(15)17(19)21-20-10)13-3-2-11-6-7-23-18(22)16(11)9-13/h2-5,8-9,22H,6-7H2,1H3,(H2,19,21). The molecule has 3 aromatic rings. The first kappa shape index (κ1) is 14.2. The first-order valence-electron chi connectivity index (χ1n) is 7.59. The summed E-state index contributed by atoms with van der Waals surface area (Å²) in [6, 6.07) is 12.2. The molecule has 0 unspecified atom stereocenters. The van der Waals surface area contributed by atoms with E-state index in [2.05, 4.69) is 28.4 Å². The zero-order valence-electron chi connectivity index (χ0n) is 12.8. The zero-order valence-corrected chi connectivity index (χ0v) is 12.8. The second-order valence-corrected chi connectivity index (χ2v) is 5.82. The van der Waals surface area contributed by atoms with Crippen molar-refractivity contribution in [3.8, 4) is 11.1 Å². The number of aromatic nitrogens is 2. The Kier molecular flexibility index (Phi) is 3.29. The molecular formula is C17H16BN3O2. The van der Waals surface area contributed by atoms with Crippen molar-refractivity contribution >= 4 is 29.2 Å². The van der Waals surface area contributed by atoms with Gasteiger partial charge in [-0.15, -0.1) is 5.10 Å². The van der Waals surface area contributed by atoms with Gasteiger partial charge in [0.15, 0.2) is 5.82 Å². The molecule has 1 aliphatic heterocycles. The Morgan fingerprint density at radius 3 is 2.74 bits per heavy atom. The van der Waals surface area contributed by atoms with Gasteiger partial charge in [0, 0.05) is 17.4 Å². The third kappa shape index (κ3) is 2.36. The van der Waals surface area contributed by atoms with Crippen molar-refractivity contribution in [3.05, 3.63) is 47.7 Å². The molecule has 0 amide bonds. The maximum Gasteiger partial charge on any atom is 0.491 e. The Hall–Kier alpha value is -2.44. The Morgan fingerprint density at radius 1 is 1.09 bits per heavy atom. The van der Waals surface area contributed by atoms with Crippen LogP contribution in [-0.2, 0) is 11.1 Å². The van der Waals surface area contributed by atoms with Gasteiger partial charge in [-0.2, -0.15) is 5.10 Å². The largest absolute Gasteiger partial charge is 0.491 e. The summed E-state index contributed by atoms with van der Waals surface area (Å²) in [6.45, 7) is 2.48. The average molecular weight is 305 g/mol. The number of rotatable bonds is 1. The number of nitrogens with two attached hydrogens (primary N) is 1. The molecule has 0 saturated heterocycles. The first-order valence-corrected chi connectivity index (χ1v) is 7.59. The molecule has 2 aromatic carbocycles. The fourth-order valence-corrected chi connectivity index (χ4v) is 3.09. The van der Waals surface area contributed by atoms with Crippen molar-refractivity contribution < 1.29 is 9.68 Å². The van der Waals surface area contributed by atoms with E-state index in [1.54, 1.807) is 0 Å². The van der Waals surface area contributed by atoms with Crippen molar-refractivity contribution in [1.29, 1.82) is 0 Å². The maximum atomic E-state index is 10.0. The summed E-state index contributed by atoms with van der Waals surface area (Å²) in [5.41, 5.74) is 10.8. The van der Waals surface area contributed by atoms with Crippen LogP contribution in [0.2, 0.25) is 0 Å². The molecule has 1 aliphatic rings. The monoisotopic (exact) mass is 305 g/mol. The average Bonchev–Trinajstić information content (AvgIpc) is 2.58. The van der Waals surface area contributed by atoms with Crippen LogP contribution in [0.5, 0.6) is 0 Å². The fourth-order valence-electron chi connectivity index (χ4n) is 3.09. The van der Waals surface area contributed by atoms with E-state index in [1.807, 2.05) is 25.1 Å². The van der Waals surface area contributed by atoms with Crippen LogP contribution in [0.4, 0.5) is 5.82 Å². The minimum absolute atomic E-state index is 0.436. The highest BCUT2D eigenvalue weighted by Gasteiger charge is 2.24. The van der Waals surface area contributed by atoms with Crippen molar-refractivity contribution in [1.82, 2.24) is 10.2 Å². The number of aryl methyl sites for hydroxylation is 1. The summed E-state index contributed by atoms with van der Waals surface area (Å²) in [5, 5.41) is 20.0. The van der Waals surface area contributed by atoms with E-state index >= 15 is 0 Å². The molecule has 3 N–H and O–H groups in total. The van der Waals surface area contributed by atoms with Gasteiger partial charge in [-0.1, -0.05) is 24.3 Å². The second-order valence-electron chi connectivity index (χ2n) is 5.82. The van der Waals surface area contributed by atoms with Crippen molar-refractivity contribution in [2.45, 2.75) is 13.3 Å². The molecule has 4 rings (SSSR count). The highest BCUT2D eigenvalue weighted by Crippen LogP contribution is 2.28. The quantitative estimate of drug-likeness (QED) is 0.665. The number of benzene rings is 2. The molecule has 0 fully saturated rings. The van der Waals surface area contributed by atoms with Gasteiger partial charge in [-0.05, 0) is 47.6 Å². The van der Waals surface area contributed by atoms with Gasteiger partial charge in [-0.25, -0.2) is 0 Å². The SMILES string of the molecule is Cc1nnc(N)c2ccc(-c3ccc4c(c3)B(O)OCC4)cc12. The molecule has 23 heavy (non-hydrogen) atoms. The van der Waals surface area contributed by atoms with Gasteiger partial charge in [-0.3, -0.25) is 0 Å². The highest BCUT2D eigenvalue weighted by atomic mass is 16.5. The topological polar surface area (TPSA) is 81.3 Å².